The SMILES string of the molecule is Cc1ccc(C(=O)CCC(=O)CCC(=O)NCCCCn2ccnc2)s1. The number of aromatic nitrogens is 2. The molecule has 0 spiro atoms. The highest BCUT2D eigenvalue weighted by molar-refractivity contribution is 7.14. The summed E-state index contributed by atoms with van der Waals surface area (Å²) in [5, 5.41) is 2.83. The number of aryl methyl sites for hydroxylation is 2. The van der Waals surface area contributed by atoms with Crippen molar-refractivity contribution >= 4 is 28.8 Å². The van der Waals surface area contributed by atoms with Gasteiger partial charge in [0.2, 0.25) is 5.91 Å². The van der Waals surface area contributed by atoms with Crippen molar-refractivity contribution in [2.75, 3.05) is 6.54 Å². The van der Waals surface area contributed by atoms with E-state index in [4.69, 9.17) is 0 Å². The van der Waals surface area contributed by atoms with Gasteiger partial charge in [0.1, 0.15) is 5.78 Å². The monoisotopic (exact) mass is 375 g/mol. The van der Waals surface area contributed by atoms with Crippen LogP contribution in [0.25, 0.3) is 0 Å². The van der Waals surface area contributed by atoms with Gasteiger partial charge in [-0.15, -0.1) is 11.3 Å². The maximum absolute atomic E-state index is 12.0. The summed E-state index contributed by atoms with van der Waals surface area (Å²) in [4.78, 5) is 41.3. The van der Waals surface area contributed by atoms with Gasteiger partial charge in [0, 0.05) is 56.0 Å². The normalized spacial score (nSPS) is 10.7. The standard InChI is InChI=1S/C19H25N3O3S/c1-15-4-8-18(26-15)17(24)7-5-16(23)6-9-19(25)21-10-2-3-12-22-13-11-20-14-22/h4,8,11,13-14H,2-3,5-7,9-10,12H2,1H3,(H,21,25). The van der Waals surface area contributed by atoms with Crippen molar-refractivity contribution in [3.63, 3.8) is 0 Å². The lowest BCUT2D eigenvalue weighted by Gasteiger charge is -2.05. The van der Waals surface area contributed by atoms with Crippen LogP contribution in [-0.4, -0.2) is 33.6 Å². The number of carbonyl (C=O) groups is 3. The Labute approximate surface area is 157 Å². The summed E-state index contributed by atoms with van der Waals surface area (Å²) < 4.78 is 2.00. The van der Waals surface area contributed by atoms with E-state index in [0.29, 0.717) is 11.4 Å². The van der Waals surface area contributed by atoms with Crippen molar-refractivity contribution in [2.45, 2.75) is 52.0 Å². The van der Waals surface area contributed by atoms with E-state index in [1.807, 2.05) is 23.8 Å². The fourth-order valence-corrected chi connectivity index (χ4v) is 3.33. The van der Waals surface area contributed by atoms with Crippen LogP contribution in [0, 0.1) is 6.92 Å². The van der Waals surface area contributed by atoms with E-state index in [0.717, 1.165) is 24.3 Å². The van der Waals surface area contributed by atoms with Gasteiger partial charge in [-0.2, -0.15) is 0 Å². The van der Waals surface area contributed by atoms with Gasteiger partial charge in [-0.1, -0.05) is 0 Å². The smallest absolute Gasteiger partial charge is 0.220 e. The number of amides is 1. The molecular weight excluding hydrogens is 350 g/mol. The highest BCUT2D eigenvalue weighted by Crippen LogP contribution is 2.17. The molecule has 2 aromatic heterocycles. The Balaban J connectivity index is 1.51. The van der Waals surface area contributed by atoms with E-state index >= 15 is 0 Å². The fraction of sp³-hybridized carbons (Fsp3) is 0.474. The van der Waals surface area contributed by atoms with E-state index in [1.165, 1.54) is 11.3 Å². The van der Waals surface area contributed by atoms with E-state index in [-0.39, 0.29) is 43.2 Å². The zero-order chi connectivity index (χ0) is 18.8. The maximum atomic E-state index is 12.0. The summed E-state index contributed by atoms with van der Waals surface area (Å²) in [6.07, 6.45) is 8.07. The molecule has 140 valence electrons. The van der Waals surface area contributed by atoms with Gasteiger partial charge >= 0.3 is 0 Å². The third-order valence-electron chi connectivity index (χ3n) is 4.00. The third-order valence-corrected chi connectivity index (χ3v) is 5.04. The molecule has 0 aliphatic rings. The lowest BCUT2D eigenvalue weighted by molar-refractivity contribution is -0.125. The van der Waals surface area contributed by atoms with Crippen molar-refractivity contribution in [2.24, 2.45) is 0 Å². The van der Waals surface area contributed by atoms with E-state index < -0.39 is 0 Å². The van der Waals surface area contributed by atoms with Crippen LogP contribution >= 0.6 is 11.3 Å². The van der Waals surface area contributed by atoms with Crippen LogP contribution in [0.1, 0.15) is 53.1 Å². The molecule has 0 atom stereocenters. The molecular formula is C19H25N3O3S. The Morgan fingerprint density at radius 3 is 2.62 bits per heavy atom. The summed E-state index contributed by atoms with van der Waals surface area (Å²) in [6.45, 7) is 3.44. The van der Waals surface area contributed by atoms with E-state index in [9.17, 15) is 14.4 Å². The number of imidazole rings is 1. The van der Waals surface area contributed by atoms with E-state index in [2.05, 4.69) is 10.3 Å². The van der Waals surface area contributed by atoms with Crippen molar-refractivity contribution in [1.29, 1.82) is 0 Å². The quantitative estimate of drug-likeness (QED) is 0.456. The summed E-state index contributed by atoms with van der Waals surface area (Å²) in [6, 6.07) is 3.70. The molecule has 0 unspecified atom stereocenters. The van der Waals surface area contributed by atoms with Crippen LogP contribution in [0.15, 0.2) is 30.9 Å². The van der Waals surface area contributed by atoms with Crippen LogP contribution in [0.4, 0.5) is 0 Å². The highest BCUT2D eigenvalue weighted by atomic mass is 32.1. The molecule has 0 bridgehead atoms. The van der Waals surface area contributed by atoms with Crippen LogP contribution in [0.2, 0.25) is 0 Å². The first kappa shape index (κ1) is 20.0. The minimum absolute atomic E-state index is 0.00112. The van der Waals surface area contributed by atoms with E-state index in [1.54, 1.807) is 18.6 Å². The minimum atomic E-state index is -0.110. The number of hydrogen-bond acceptors (Lipinski definition) is 5. The number of nitrogens with one attached hydrogen (secondary N) is 1. The number of Topliss-reactive ketones (excluding diaryl/α,β-unsaturated/α-hetero) is 2. The number of hydrogen-bond donors (Lipinski definition) is 1. The van der Waals surface area contributed by atoms with Crippen LogP contribution < -0.4 is 5.32 Å². The number of nitrogens with zero attached hydrogens (tertiary/aromatic N) is 2. The van der Waals surface area contributed by atoms with Crippen molar-refractivity contribution in [1.82, 2.24) is 14.9 Å². The maximum Gasteiger partial charge on any atom is 0.220 e. The molecule has 0 aliphatic carbocycles. The topological polar surface area (TPSA) is 81.1 Å². The Kier molecular flexibility index (Phi) is 8.21. The number of thiophene rings is 1. The molecule has 0 aliphatic heterocycles. The summed E-state index contributed by atoms with van der Waals surface area (Å²) in [5.74, 6) is -0.151. The Hall–Kier alpha value is -2.28. The molecule has 2 heterocycles. The molecule has 0 saturated carbocycles. The molecule has 6 nitrogen and oxygen atoms in total. The second-order valence-corrected chi connectivity index (χ2v) is 7.52. The van der Waals surface area contributed by atoms with Crippen molar-refractivity contribution in [3.05, 3.63) is 40.6 Å². The van der Waals surface area contributed by atoms with Gasteiger partial charge in [-0.3, -0.25) is 14.4 Å². The van der Waals surface area contributed by atoms with Gasteiger partial charge in [0.15, 0.2) is 5.78 Å². The van der Waals surface area contributed by atoms with Gasteiger partial charge in [0.25, 0.3) is 0 Å². The van der Waals surface area contributed by atoms with Gasteiger partial charge in [-0.05, 0) is 31.9 Å². The molecule has 0 saturated heterocycles. The Morgan fingerprint density at radius 1 is 1.12 bits per heavy atom. The zero-order valence-electron chi connectivity index (χ0n) is 15.1. The molecule has 0 radical (unpaired) electrons. The summed E-state index contributed by atoms with van der Waals surface area (Å²) >= 11 is 1.45. The molecule has 26 heavy (non-hydrogen) atoms. The summed E-state index contributed by atoms with van der Waals surface area (Å²) in [7, 11) is 0. The third kappa shape index (κ3) is 7.31. The molecule has 1 amide bonds. The number of rotatable bonds is 12. The first-order chi connectivity index (χ1) is 12.5. The van der Waals surface area contributed by atoms with Crippen molar-refractivity contribution in [3.8, 4) is 0 Å². The predicted molar refractivity (Wildman–Crippen MR) is 101 cm³/mol. The Morgan fingerprint density at radius 2 is 1.92 bits per heavy atom. The lowest BCUT2D eigenvalue weighted by Crippen LogP contribution is -2.25. The van der Waals surface area contributed by atoms with Gasteiger partial charge in [0.05, 0.1) is 11.2 Å². The molecule has 1 N–H and O–H groups in total. The lowest BCUT2D eigenvalue weighted by atomic mass is 10.1. The van der Waals surface area contributed by atoms with Crippen LogP contribution in [0.5, 0.6) is 0 Å². The minimum Gasteiger partial charge on any atom is -0.356 e. The average molecular weight is 375 g/mol. The van der Waals surface area contributed by atoms with Crippen LogP contribution in [0.3, 0.4) is 0 Å². The molecule has 0 aromatic carbocycles. The first-order valence-electron chi connectivity index (χ1n) is 8.88. The largest absolute Gasteiger partial charge is 0.356 e. The predicted octanol–water partition coefficient (Wildman–Crippen LogP) is 3.16. The van der Waals surface area contributed by atoms with Crippen LogP contribution in [-0.2, 0) is 16.1 Å². The van der Waals surface area contributed by atoms with Gasteiger partial charge in [-0.25, -0.2) is 4.98 Å². The average Bonchev–Trinajstić information content (AvgIpc) is 3.29. The molecule has 2 rings (SSSR count). The molecule has 2 aromatic rings. The Bertz CT molecular complexity index is 722. The summed E-state index contributed by atoms with van der Waals surface area (Å²) in [5.41, 5.74) is 0. The molecule has 7 heteroatoms. The first-order valence-corrected chi connectivity index (χ1v) is 9.70. The molecule has 0 fully saturated rings. The zero-order valence-corrected chi connectivity index (χ0v) is 15.9. The number of ketones is 2. The fourth-order valence-electron chi connectivity index (χ4n) is 2.49. The number of unbranched alkanes of at least 4 members (excludes halogenated alkanes) is 1. The van der Waals surface area contributed by atoms with Gasteiger partial charge < -0.3 is 9.88 Å². The highest BCUT2D eigenvalue weighted by Gasteiger charge is 2.12. The number of carbonyl (C=O) groups excluding carboxylic acids is 3. The second-order valence-electron chi connectivity index (χ2n) is 6.23. The van der Waals surface area contributed by atoms with Crippen molar-refractivity contribution < 1.29 is 14.4 Å². The second kappa shape index (κ2) is 10.7.